The second-order valence-electron chi connectivity index (χ2n) is 4.68. The molecule has 18 heavy (non-hydrogen) atoms. The highest BCUT2D eigenvalue weighted by molar-refractivity contribution is 5.95. The summed E-state index contributed by atoms with van der Waals surface area (Å²) in [5.41, 5.74) is 8.14. The number of pyridine rings is 1. The molecule has 3 N–H and O–H groups in total. The molecule has 1 saturated heterocycles. The van der Waals surface area contributed by atoms with Crippen LogP contribution in [0.25, 0.3) is 10.9 Å². The van der Waals surface area contributed by atoms with Crippen LogP contribution in [0.2, 0.25) is 0 Å². The van der Waals surface area contributed by atoms with E-state index in [4.69, 9.17) is 11.1 Å². The number of fused-ring (bicyclic) bond motifs is 1. The van der Waals surface area contributed by atoms with Gasteiger partial charge in [0.25, 0.3) is 0 Å². The van der Waals surface area contributed by atoms with E-state index in [0.717, 1.165) is 24.0 Å². The molecule has 0 unspecified atom stereocenters. The standard InChI is InChI=1S/C14H16N4/c15-14(16)13-5-3-10-9-11(4-6-12(10)17-13)18-7-1-2-8-18/h3-6,9H,1-2,7-8H2,(H3,15,16). The van der Waals surface area contributed by atoms with Gasteiger partial charge in [-0.15, -0.1) is 0 Å². The lowest BCUT2D eigenvalue weighted by atomic mass is 10.1. The second kappa shape index (κ2) is 4.29. The summed E-state index contributed by atoms with van der Waals surface area (Å²) in [6, 6.07) is 10.1. The summed E-state index contributed by atoms with van der Waals surface area (Å²) < 4.78 is 0. The molecule has 1 fully saturated rings. The third-order valence-corrected chi connectivity index (χ3v) is 3.42. The van der Waals surface area contributed by atoms with Crippen LogP contribution in [0.15, 0.2) is 30.3 Å². The molecule has 1 aromatic carbocycles. The lowest BCUT2D eigenvalue weighted by molar-refractivity contribution is 0.949. The summed E-state index contributed by atoms with van der Waals surface area (Å²) in [6.07, 6.45) is 2.55. The second-order valence-corrected chi connectivity index (χ2v) is 4.68. The summed E-state index contributed by atoms with van der Waals surface area (Å²) >= 11 is 0. The van der Waals surface area contributed by atoms with Crippen molar-refractivity contribution in [3.05, 3.63) is 36.0 Å². The molecule has 0 bridgehead atoms. The van der Waals surface area contributed by atoms with Gasteiger partial charge in [0.1, 0.15) is 11.5 Å². The number of hydrogen-bond acceptors (Lipinski definition) is 3. The van der Waals surface area contributed by atoms with Gasteiger partial charge in [0.15, 0.2) is 0 Å². The third kappa shape index (κ3) is 1.90. The van der Waals surface area contributed by atoms with E-state index in [2.05, 4.69) is 22.0 Å². The quantitative estimate of drug-likeness (QED) is 0.624. The lowest BCUT2D eigenvalue weighted by Crippen LogP contribution is -2.17. The highest BCUT2D eigenvalue weighted by Gasteiger charge is 2.12. The number of benzene rings is 1. The van der Waals surface area contributed by atoms with Crippen molar-refractivity contribution in [2.24, 2.45) is 5.73 Å². The van der Waals surface area contributed by atoms with Crippen molar-refractivity contribution in [2.45, 2.75) is 12.8 Å². The molecule has 3 rings (SSSR count). The van der Waals surface area contributed by atoms with Gasteiger partial charge in [0.2, 0.25) is 0 Å². The molecule has 0 atom stereocenters. The highest BCUT2D eigenvalue weighted by atomic mass is 15.1. The topological polar surface area (TPSA) is 66.0 Å². The number of nitrogen functional groups attached to an aromatic ring is 1. The number of anilines is 1. The van der Waals surface area contributed by atoms with E-state index in [1.54, 1.807) is 6.07 Å². The van der Waals surface area contributed by atoms with Crippen molar-refractivity contribution in [1.82, 2.24) is 4.98 Å². The van der Waals surface area contributed by atoms with E-state index in [9.17, 15) is 0 Å². The van der Waals surface area contributed by atoms with Gasteiger partial charge in [-0.05, 0) is 37.1 Å². The Hall–Kier alpha value is -2.10. The van der Waals surface area contributed by atoms with Crippen molar-refractivity contribution < 1.29 is 0 Å². The van der Waals surface area contributed by atoms with Crippen molar-refractivity contribution >= 4 is 22.4 Å². The summed E-state index contributed by atoms with van der Waals surface area (Å²) in [7, 11) is 0. The normalized spacial score (nSPS) is 15.2. The zero-order valence-corrected chi connectivity index (χ0v) is 10.2. The van der Waals surface area contributed by atoms with E-state index < -0.39 is 0 Å². The lowest BCUT2D eigenvalue weighted by Gasteiger charge is -2.17. The molecular formula is C14H16N4. The predicted octanol–water partition coefficient (Wildman–Crippen LogP) is 2.12. The Labute approximate surface area is 106 Å². The molecule has 92 valence electrons. The molecule has 1 aromatic heterocycles. The van der Waals surface area contributed by atoms with Gasteiger partial charge in [-0.2, -0.15) is 0 Å². The van der Waals surface area contributed by atoms with Crippen molar-refractivity contribution in [2.75, 3.05) is 18.0 Å². The van der Waals surface area contributed by atoms with Gasteiger partial charge < -0.3 is 10.6 Å². The minimum absolute atomic E-state index is 0.0144. The zero-order valence-electron chi connectivity index (χ0n) is 10.2. The maximum Gasteiger partial charge on any atom is 0.141 e. The number of rotatable bonds is 2. The van der Waals surface area contributed by atoms with Crippen LogP contribution in [0.1, 0.15) is 18.5 Å². The average molecular weight is 240 g/mol. The largest absolute Gasteiger partial charge is 0.382 e. The SMILES string of the molecule is N=C(N)c1ccc2cc(N3CCCC3)ccc2n1. The van der Waals surface area contributed by atoms with Crippen LogP contribution >= 0.6 is 0 Å². The van der Waals surface area contributed by atoms with Gasteiger partial charge in [-0.1, -0.05) is 6.07 Å². The fourth-order valence-corrected chi connectivity index (χ4v) is 2.44. The number of amidine groups is 1. The fraction of sp³-hybridized carbons (Fsp3) is 0.286. The Kier molecular flexibility index (Phi) is 2.63. The minimum Gasteiger partial charge on any atom is -0.382 e. The Morgan fingerprint density at radius 3 is 2.67 bits per heavy atom. The average Bonchev–Trinajstić information content (AvgIpc) is 2.91. The fourth-order valence-electron chi connectivity index (χ4n) is 2.44. The van der Waals surface area contributed by atoms with E-state index in [1.165, 1.54) is 18.5 Å². The molecule has 1 aliphatic heterocycles. The molecule has 0 amide bonds. The van der Waals surface area contributed by atoms with Crippen LogP contribution < -0.4 is 10.6 Å². The van der Waals surface area contributed by atoms with Gasteiger partial charge in [-0.25, -0.2) is 4.98 Å². The van der Waals surface area contributed by atoms with E-state index in [1.807, 2.05) is 12.1 Å². The summed E-state index contributed by atoms with van der Waals surface area (Å²) in [4.78, 5) is 6.78. The van der Waals surface area contributed by atoms with E-state index in [0.29, 0.717) is 5.69 Å². The van der Waals surface area contributed by atoms with Crippen LogP contribution in [-0.2, 0) is 0 Å². The number of nitrogens with two attached hydrogens (primary N) is 1. The Balaban J connectivity index is 2.02. The van der Waals surface area contributed by atoms with Crippen molar-refractivity contribution in [3.8, 4) is 0 Å². The van der Waals surface area contributed by atoms with Crippen molar-refractivity contribution in [3.63, 3.8) is 0 Å². The first-order chi connectivity index (χ1) is 8.74. The molecule has 1 aliphatic rings. The Morgan fingerprint density at radius 1 is 1.17 bits per heavy atom. The third-order valence-electron chi connectivity index (χ3n) is 3.42. The molecule has 0 saturated carbocycles. The van der Waals surface area contributed by atoms with Gasteiger partial charge >= 0.3 is 0 Å². The van der Waals surface area contributed by atoms with Crippen LogP contribution in [-0.4, -0.2) is 23.9 Å². The zero-order chi connectivity index (χ0) is 12.5. The van der Waals surface area contributed by atoms with Crippen LogP contribution in [0.5, 0.6) is 0 Å². The van der Waals surface area contributed by atoms with Gasteiger partial charge in [0.05, 0.1) is 5.52 Å². The molecule has 0 aliphatic carbocycles. The van der Waals surface area contributed by atoms with Crippen LogP contribution in [0, 0.1) is 5.41 Å². The Bertz CT molecular complexity index is 600. The highest BCUT2D eigenvalue weighted by Crippen LogP contribution is 2.24. The Morgan fingerprint density at radius 2 is 1.94 bits per heavy atom. The summed E-state index contributed by atoms with van der Waals surface area (Å²) in [5.74, 6) is 0.0144. The summed E-state index contributed by atoms with van der Waals surface area (Å²) in [6.45, 7) is 2.29. The van der Waals surface area contributed by atoms with Crippen LogP contribution in [0.3, 0.4) is 0 Å². The smallest absolute Gasteiger partial charge is 0.141 e. The maximum absolute atomic E-state index is 7.40. The number of aromatic nitrogens is 1. The number of nitrogens with one attached hydrogen (secondary N) is 1. The first-order valence-corrected chi connectivity index (χ1v) is 6.24. The predicted molar refractivity (Wildman–Crippen MR) is 74.2 cm³/mol. The van der Waals surface area contributed by atoms with Crippen LogP contribution in [0.4, 0.5) is 5.69 Å². The van der Waals surface area contributed by atoms with Gasteiger partial charge in [0, 0.05) is 24.2 Å². The number of nitrogens with zero attached hydrogens (tertiary/aromatic N) is 2. The molecule has 0 spiro atoms. The molecule has 2 aromatic rings. The first-order valence-electron chi connectivity index (χ1n) is 6.24. The van der Waals surface area contributed by atoms with Gasteiger partial charge in [-0.3, -0.25) is 5.41 Å². The molecule has 4 nitrogen and oxygen atoms in total. The summed E-state index contributed by atoms with van der Waals surface area (Å²) in [5, 5.41) is 8.50. The van der Waals surface area contributed by atoms with E-state index in [-0.39, 0.29) is 5.84 Å². The molecule has 4 heteroatoms. The number of hydrogen-bond donors (Lipinski definition) is 2. The molecular weight excluding hydrogens is 224 g/mol. The minimum atomic E-state index is 0.0144. The maximum atomic E-state index is 7.40. The van der Waals surface area contributed by atoms with Crippen molar-refractivity contribution in [1.29, 1.82) is 5.41 Å². The molecule has 0 radical (unpaired) electrons. The first kappa shape index (κ1) is 11.0. The van der Waals surface area contributed by atoms with E-state index >= 15 is 0 Å². The molecule has 2 heterocycles. The monoisotopic (exact) mass is 240 g/mol.